The number of likely N-dealkylation sites (N-methyl/N-ethyl adjacent to an activating group) is 1. The van der Waals surface area contributed by atoms with Crippen LogP contribution in [0, 0.1) is 19.7 Å². The van der Waals surface area contributed by atoms with Crippen molar-refractivity contribution >= 4 is 34.1 Å². The van der Waals surface area contributed by atoms with Gasteiger partial charge in [0, 0.05) is 29.1 Å². The van der Waals surface area contributed by atoms with Crippen LogP contribution in [-0.2, 0) is 4.79 Å². The van der Waals surface area contributed by atoms with Crippen LogP contribution in [0.25, 0.3) is 10.9 Å². The molecule has 2 heterocycles. The van der Waals surface area contributed by atoms with Crippen LogP contribution in [0.15, 0.2) is 71.7 Å². The normalized spacial score (nSPS) is 15.6. The molecule has 1 unspecified atom stereocenters. The number of aliphatic imine (C=N–C) groups is 1. The summed E-state index contributed by atoms with van der Waals surface area (Å²) in [5, 5.41) is 3.67. The maximum atomic E-state index is 14.8. The minimum Gasteiger partial charge on any atom is -0.351 e. The smallest absolute Gasteiger partial charge is 0.272 e. The number of carbonyl (C=O) groups excluding carboxylic acids is 2. The highest BCUT2D eigenvalue weighted by Gasteiger charge is 2.32. The molecule has 1 atom stereocenters. The predicted molar refractivity (Wildman–Crippen MR) is 131 cm³/mol. The average Bonchev–Trinajstić information content (AvgIpc) is 3.22. The van der Waals surface area contributed by atoms with E-state index in [0.29, 0.717) is 22.7 Å². The van der Waals surface area contributed by atoms with Gasteiger partial charge in [0.05, 0.1) is 11.4 Å². The third kappa shape index (κ3) is 3.65. The molecule has 0 saturated carbocycles. The fourth-order valence-corrected chi connectivity index (χ4v) is 4.41. The van der Waals surface area contributed by atoms with Gasteiger partial charge in [0.25, 0.3) is 11.8 Å². The van der Waals surface area contributed by atoms with Crippen molar-refractivity contribution in [3.63, 3.8) is 0 Å². The van der Waals surface area contributed by atoms with Gasteiger partial charge in [-0.1, -0.05) is 36.4 Å². The van der Waals surface area contributed by atoms with Gasteiger partial charge in [0.15, 0.2) is 0 Å². The number of fused-ring (bicyclic) bond motifs is 2. The topological polar surface area (TPSA) is 77.6 Å². The number of aromatic nitrogens is 1. The van der Waals surface area contributed by atoms with E-state index < -0.39 is 23.8 Å². The summed E-state index contributed by atoms with van der Waals surface area (Å²) in [6.07, 6.45) is -1.23. The number of benzene rings is 3. The van der Waals surface area contributed by atoms with E-state index in [0.717, 1.165) is 22.0 Å². The zero-order valence-electron chi connectivity index (χ0n) is 19.0. The third-order valence-electron chi connectivity index (χ3n) is 6.07. The zero-order chi connectivity index (χ0) is 24.0. The van der Waals surface area contributed by atoms with E-state index in [1.807, 2.05) is 26.0 Å². The molecule has 2 amide bonds. The number of nitrogens with one attached hydrogen (secondary N) is 2. The summed E-state index contributed by atoms with van der Waals surface area (Å²) in [6, 6.07) is 19.2. The molecule has 34 heavy (non-hydrogen) atoms. The molecule has 1 aromatic heterocycles. The molecule has 5 rings (SSSR count). The SMILES string of the molecule is Cc1cc(C)c2cc(C(=O)NC3N=C(c4ccccc4F)c4ccccc4N(C)C3=O)[nH]c2c1. The summed E-state index contributed by atoms with van der Waals surface area (Å²) in [7, 11) is 1.62. The Morgan fingerprint density at radius 2 is 1.74 bits per heavy atom. The van der Waals surface area contributed by atoms with E-state index in [-0.39, 0.29) is 5.56 Å². The first-order valence-corrected chi connectivity index (χ1v) is 10.9. The number of para-hydroxylation sites is 1. The number of H-pyrrole nitrogens is 1. The van der Waals surface area contributed by atoms with Crippen LogP contribution in [0.1, 0.15) is 32.7 Å². The summed E-state index contributed by atoms with van der Waals surface area (Å²) in [4.78, 5) is 35.6. The number of hydrogen-bond acceptors (Lipinski definition) is 3. The Labute approximate surface area is 196 Å². The number of aryl methyl sites for hydroxylation is 2. The highest BCUT2D eigenvalue weighted by atomic mass is 19.1. The van der Waals surface area contributed by atoms with E-state index in [9.17, 15) is 14.0 Å². The van der Waals surface area contributed by atoms with E-state index >= 15 is 0 Å². The molecule has 2 N–H and O–H groups in total. The minimum atomic E-state index is -1.23. The van der Waals surface area contributed by atoms with Gasteiger partial charge in [-0.15, -0.1) is 0 Å². The Kier molecular flexibility index (Phi) is 5.24. The summed E-state index contributed by atoms with van der Waals surface area (Å²) < 4.78 is 14.8. The lowest BCUT2D eigenvalue weighted by atomic mass is 10.00. The van der Waals surface area contributed by atoms with Gasteiger partial charge in [0.2, 0.25) is 6.17 Å². The molecule has 7 heteroatoms. The molecule has 1 aliphatic heterocycles. The van der Waals surface area contributed by atoms with Crippen molar-refractivity contribution in [2.45, 2.75) is 20.0 Å². The number of anilines is 1. The van der Waals surface area contributed by atoms with Crippen LogP contribution in [-0.4, -0.2) is 35.7 Å². The van der Waals surface area contributed by atoms with Crippen molar-refractivity contribution in [1.29, 1.82) is 0 Å². The number of carbonyl (C=O) groups is 2. The van der Waals surface area contributed by atoms with Crippen molar-refractivity contribution < 1.29 is 14.0 Å². The fraction of sp³-hybridized carbons (Fsp3) is 0.148. The van der Waals surface area contributed by atoms with E-state index in [2.05, 4.69) is 15.3 Å². The molecule has 0 aliphatic carbocycles. The summed E-state index contributed by atoms with van der Waals surface area (Å²) in [5.74, 6) is -1.35. The first-order valence-electron chi connectivity index (χ1n) is 10.9. The van der Waals surface area contributed by atoms with Crippen LogP contribution in [0.2, 0.25) is 0 Å². The van der Waals surface area contributed by atoms with Crippen molar-refractivity contribution in [3.05, 3.63) is 100 Å². The predicted octanol–water partition coefficient (Wildman–Crippen LogP) is 4.49. The van der Waals surface area contributed by atoms with Crippen molar-refractivity contribution in [1.82, 2.24) is 10.3 Å². The van der Waals surface area contributed by atoms with Gasteiger partial charge < -0.3 is 15.2 Å². The van der Waals surface area contributed by atoms with Crippen LogP contribution >= 0.6 is 0 Å². The Morgan fingerprint density at radius 1 is 1.03 bits per heavy atom. The van der Waals surface area contributed by atoms with E-state index in [1.165, 1.54) is 11.0 Å². The van der Waals surface area contributed by atoms with Crippen LogP contribution in [0.4, 0.5) is 10.1 Å². The fourth-order valence-electron chi connectivity index (χ4n) is 4.41. The second kappa shape index (κ2) is 8.26. The largest absolute Gasteiger partial charge is 0.351 e. The Balaban J connectivity index is 1.58. The van der Waals surface area contributed by atoms with Crippen molar-refractivity contribution in [2.75, 3.05) is 11.9 Å². The molecule has 6 nitrogen and oxygen atoms in total. The molecule has 0 saturated heterocycles. The van der Waals surface area contributed by atoms with Crippen LogP contribution in [0.3, 0.4) is 0 Å². The second-order valence-corrected chi connectivity index (χ2v) is 8.47. The number of hydrogen-bond donors (Lipinski definition) is 2. The Bertz CT molecular complexity index is 1490. The molecule has 4 aromatic rings. The van der Waals surface area contributed by atoms with Gasteiger partial charge in [-0.2, -0.15) is 0 Å². The summed E-state index contributed by atoms with van der Waals surface area (Å²) >= 11 is 0. The zero-order valence-corrected chi connectivity index (χ0v) is 19.0. The van der Waals surface area contributed by atoms with Crippen molar-refractivity contribution in [2.24, 2.45) is 4.99 Å². The second-order valence-electron chi connectivity index (χ2n) is 8.47. The maximum Gasteiger partial charge on any atom is 0.272 e. The Morgan fingerprint density at radius 3 is 2.50 bits per heavy atom. The summed E-state index contributed by atoms with van der Waals surface area (Å²) in [5.41, 5.74) is 5.05. The lowest BCUT2D eigenvalue weighted by Gasteiger charge is -2.20. The van der Waals surface area contributed by atoms with Crippen LogP contribution in [0.5, 0.6) is 0 Å². The molecule has 3 aromatic carbocycles. The number of nitrogens with zero attached hydrogens (tertiary/aromatic N) is 2. The van der Waals surface area contributed by atoms with Gasteiger partial charge in [-0.3, -0.25) is 9.59 Å². The molecule has 170 valence electrons. The number of rotatable bonds is 3. The van der Waals surface area contributed by atoms with Gasteiger partial charge in [-0.05, 0) is 55.3 Å². The first-order chi connectivity index (χ1) is 16.3. The molecule has 1 aliphatic rings. The number of halogens is 1. The molecule has 0 spiro atoms. The van der Waals surface area contributed by atoms with Gasteiger partial charge in [0.1, 0.15) is 11.5 Å². The van der Waals surface area contributed by atoms with Gasteiger partial charge in [-0.25, -0.2) is 9.38 Å². The molecular weight excluding hydrogens is 431 g/mol. The molecular formula is C27H23FN4O2. The third-order valence-corrected chi connectivity index (χ3v) is 6.07. The standard InChI is InChI=1S/C27H23FN4O2/c1-15-12-16(2)19-14-22(29-21(19)13-15)26(33)31-25-27(34)32(3)23-11-7-5-9-18(23)24(30-25)17-8-4-6-10-20(17)28/h4-14,25,29H,1-3H3,(H,31,33). The molecule has 0 radical (unpaired) electrons. The molecule has 0 fully saturated rings. The maximum absolute atomic E-state index is 14.8. The van der Waals surface area contributed by atoms with Crippen molar-refractivity contribution in [3.8, 4) is 0 Å². The lowest BCUT2D eigenvalue weighted by Crippen LogP contribution is -2.46. The minimum absolute atomic E-state index is 0.258. The highest BCUT2D eigenvalue weighted by molar-refractivity contribution is 6.20. The lowest BCUT2D eigenvalue weighted by molar-refractivity contribution is -0.119. The molecule has 0 bridgehead atoms. The Hall–Kier alpha value is -4.26. The number of aromatic amines is 1. The summed E-state index contributed by atoms with van der Waals surface area (Å²) in [6.45, 7) is 3.97. The monoisotopic (exact) mass is 454 g/mol. The van der Waals surface area contributed by atoms with Crippen LogP contribution < -0.4 is 10.2 Å². The quantitative estimate of drug-likeness (QED) is 0.478. The van der Waals surface area contributed by atoms with Gasteiger partial charge >= 0.3 is 0 Å². The first kappa shape index (κ1) is 21.6. The highest BCUT2D eigenvalue weighted by Crippen LogP contribution is 2.28. The van der Waals surface area contributed by atoms with E-state index in [1.54, 1.807) is 55.6 Å². The number of amides is 2. The van der Waals surface area contributed by atoms with E-state index in [4.69, 9.17) is 0 Å². The number of benzodiazepines with no additional fused rings is 1. The average molecular weight is 455 g/mol.